The predicted octanol–water partition coefficient (Wildman–Crippen LogP) is 2.70. The van der Waals surface area contributed by atoms with Crippen molar-refractivity contribution in [1.82, 2.24) is 0 Å². The summed E-state index contributed by atoms with van der Waals surface area (Å²) >= 11 is 0. The molecule has 0 saturated carbocycles. The van der Waals surface area contributed by atoms with E-state index >= 15 is 0 Å². The van der Waals surface area contributed by atoms with Crippen molar-refractivity contribution in [3.63, 3.8) is 0 Å². The maximum Gasteiger partial charge on any atom is 0.333 e. The number of ketones is 1. The van der Waals surface area contributed by atoms with Crippen molar-refractivity contribution in [3.8, 4) is 0 Å². The molecular weight excluding hydrogens is 312 g/mol. The normalized spacial score (nSPS) is 15.1. The lowest BCUT2D eigenvalue weighted by Crippen LogP contribution is -2.44. The van der Waals surface area contributed by atoms with Gasteiger partial charge in [0.25, 0.3) is 0 Å². The largest absolute Gasteiger partial charge is 0.462 e. The molecule has 0 amide bonds. The van der Waals surface area contributed by atoms with E-state index in [9.17, 15) is 14.4 Å². The Morgan fingerprint density at radius 3 is 2.00 bits per heavy atom. The first kappa shape index (κ1) is 22.3. The fourth-order valence-electron chi connectivity index (χ4n) is 1.55. The number of hydrogen-bond acceptors (Lipinski definition) is 6. The van der Waals surface area contributed by atoms with E-state index in [-0.39, 0.29) is 31.5 Å². The first-order chi connectivity index (χ1) is 10.8. The summed E-state index contributed by atoms with van der Waals surface area (Å²) in [6.45, 7) is 15.3. The van der Waals surface area contributed by atoms with E-state index in [1.165, 1.54) is 13.8 Å². The van der Waals surface area contributed by atoms with Gasteiger partial charge in [0.15, 0.2) is 0 Å². The van der Waals surface area contributed by atoms with Crippen LogP contribution in [0.2, 0.25) is 0 Å². The van der Waals surface area contributed by atoms with E-state index in [1.54, 1.807) is 27.7 Å². The quantitative estimate of drug-likeness (QED) is 0.364. The second-order valence-corrected chi connectivity index (χ2v) is 7.39. The van der Waals surface area contributed by atoms with Gasteiger partial charge >= 0.3 is 11.9 Å². The van der Waals surface area contributed by atoms with E-state index in [1.807, 2.05) is 6.92 Å². The van der Waals surface area contributed by atoms with Crippen molar-refractivity contribution >= 4 is 17.7 Å². The molecule has 0 aliphatic carbocycles. The third-order valence-corrected chi connectivity index (χ3v) is 3.27. The van der Waals surface area contributed by atoms with E-state index in [2.05, 4.69) is 6.58 Å². The molecule has 0 saturated heterocycles. The predicted molar refractivity (Wildman–Crippen MR) is 90.4 cm³/mol. The van der Waals surface area contributed by atoms with Gasteiger partial charge in [0.1, 0.15) is 16.8 Å². The summed E-state index contributed by atoms with van der Waals surface area (Å²) in [5.74, 6) is -1.46. The molecule has 24 heavy (non-hydrogen) atoms. The Morgan fingerprint density at radius 1 is 1.04 bits per heavy atom. The first-order valence-electron chi connectivity index (χ1n) is 7.94. The molecule has 0 spiro atoms. The van der Waals surface area contributed by atoms with Crippen molar-refractivity contribution in [3.05, 3.63) is 12.2 Å². The minimum absolute atomic E-state index is 0.0804. The molecule has 2 unspecified atom stereocenters. The summed E-state index contributed by atoms with van der Waals surface area (Å²) in [6, 6.07) is 0. The molecule has 0 heterocycles. The van der Waals surface area contributed by atoms with Gasteiger partial charge in [0.05, 0.1) is 19.8 Å². The molecular formula is C18H30O6. The molecule has 0 fully saturated rings. The molecule has 0 radical (unpaired) electrons. The summed E-state index contributed by atoms with van der Waals surface area (Å²) in [5.41, 5.74) is -1.71. The highest BCUT2D eigenvalue weighted by molar-refractivity contribution is 6.02. The van der Waals surface area contributed by atoms with Gasteiger partial charge in [-0.15, -0.1) is 0 Å². The van der Waals surface area contributed by atoms with E-state index in [4.69, 9.17) is 14.2 Å². The lowest BCUT2D eigenvalue weighted by atomic mass is 9.87. The zero-order valence-corrected chi connectivity index (χ0v) is 15.9. The molecule has 0 aromatic heterocycles. The van der Waals surface area contributed by atoms with Crippen LogP contribution in [0, 0.1) is 11.3 Å². The van der Waals surface area contributed by atoms with Crippen LogP contribution >= 0.6 is 0 Å². The molecule has 6 heteroatoms. The topological polar surface area (TPSA) is 78.9 Å². The molecule has 0 rings (SSSR count). The van der Waals surface area contributed by atoms with Crippen molar-refractivity contribution < 1.29 is 28.6 Å². The minimum Gasteiger partial charge on any atom is -0.462 e. The molecule has 0 bridgehead atoms. The number of esters is 2. The Bertz CT molecular complexity index is 488. The molecule has 0 aliphatic heterocycles. The molecule has 6 nitrogen and oxygen atoms in total. The van der Waals surface area contributed by atoms with Gasteiger partial charge in [0, 0.05) is 11.5 Å². The van der Waals surface area contributed by atoms with E-state index < -0.39 is 23.0 Å². The fourth-order valence-corrected chi connectivity index (χ4v) is 1.55. The summed E-state index contributed by atoms with van der Waals surface area (Å²) < 4.78 is 15.9. The molecule has 0 N–H and O–H groups in total. The van der Waals surface area contributed by atoms with Crippen molar-refractivity contribution in [2.24, 2.45) is 11.3 Å². The second kappa shape index (κ2) is 8.97. The summed E-state index contributed by atoms with van der Waals surface area (Å²) in [7, 11) is 0. The van der Waals surface area contributed by atoms with Crippen molar-refractivity contribution in [2.75, 3.05) is 19.8 Å². The number of ether oxygens (including phenoxy) is 3. The molecule has 0 aliphatic rings. The summed E-state index contributed by atoms with van der Waals surface area (Å²) in [4.78, 5) is 35.5. The minimum atomic E-state index is -1.36. The van der Waals surface area contributed by atoms with Gasteiger partial charge in [-0.05, 0) is 41.5 Å². The van der Waals surface area contributed by atoms with Crippen LogP contribution in [0.25, 0.3) is 0 Å². The highest BCUT2D eigenvalue weighted by atomic mass is 16.6. The summed E-state index contributed by atoms with van der Waals surface area (Å²) in [5, 5.41) is 0. The molecule has 0 aromatic carbocycles. The van der Waals surface area contributed by atoms with Gasteiger partial charge in [0.2, 0.25) is 0 Å². The van der Waals surface area contributed by atoms with Crippen LogP contribution in [0.4, 0.5) is 0 Å². The zero-order chi connectivity index (χ0) is 19.1. The third-order valence-electron chi connectivity index (χ3n) is 3.27. The molecule has 2 atom stereocenters. The second-order valence-electron chi connectivity index (χ2n) is 7.39. The fraction of sp³-hybridized carbons (Fsp3) is 0.722. The first-order valence-corrected chi connectivity index (χ1v) is 7.94. The number of rotatable bonds is 9. The van der Waals surface area contributed by atoms with Crippen LogP contribution in [-0.4, -0.2) is 43.1 Å². The molecule has 138 valence electrons. The van der Waals surface area contributed by atoms with Gasteiger partial charge in [-0.25, -0.2) is 4.79 Å². The van der Waals surface area contributed by atoms with Gasteiger partial charge in [-0.2, -0.15) is 0 Å². The van der Waals surface area contributed by atoms with Crippen LogP contribution in [0.15, 0.2) is 12.2 Å². The van der Waals surface area contributed by atoms with Crippen molar-refractivity contribution in [1.29, 1.82) is 0 Å². The highest BCUT2D eigenvalue weighted by Crippen LogP contribution is 2.24. The SMILES string of the molecule is C=C(C)C(=O)OCC(C)COCC(C)(C(C)=O)C(=O)OC(C)(C)C. The number of carbonyl (C=O) groups is 3. The summed E-state index contributed by atoms with van der Waals surface area (Å²) in [6.07, 6.45) is 0. The van der Waals surface area contributed by atoms with Crippen molar-refractivity contribution in [2.45, 2.75) is 54.1 Å². The third kappa shape index (κ3) is 7.73. The Balaban J connectivity index is 4.55. The number of hydrogen-bond donors (Lipinski definition) is 0. The van der Waals surface area contributed by atoms with E-state index in [0.29, 0.717) is 5.57 Å². The Hall–Kier alpha value is -1.69. The van der Waals surface area contributed by atoms with Crippen LogP contribution in [0.1, 0.15) is 48.5 Å². The van der Waals surface area contributed by atoms with Crippen LogP contribution in [0.3, 0.4) is 0 Å². The lowest BCUT2D eigenvalue weighted by Gasteiger charge is -2.29. The number of carbonyl (C=O) groups excluding carboxylic acids is 3. The molecule has 0 aromatic rings. The Morgan fingerprint density at radius 2 is 1.58 bits per heavy atom. The Labute approximate surface area is 144 Å². The zero-order valence-electron chi connectivity index (χ0n) is 15.9. The Kier molecular flexibility index (Phi) is 8.34. The van der Waals surface area contributed by atoms with Gasteiger partial charge in [-0.3, -0.25) is 9.59 Å². The maximum atomic E-state index is 12.3. The van der Waals surface area contributed by atoms with Gasteiger partial charge < -0.3 is 14.2 Å². The number of Topliss-reactive ketones (excluding diaryl/α,β-unsaturated/α-hetero) is 1. The smallest absolute Gasteiger partial charge is 0.333 e. The lowest BCUT2D eigenvalue weighted by molar-refractivity contribution is -0.173. The standard InChI is InChI=1S/C18H30O6/c1-12(2)15(20)23-10-13(3)9-22-11-18(8,14(4)19)16(21)24-17(5,6)7/h13H,1,9-11H2,2-8H3. The van der Waals surface area contributed by atoms with Crippen LogP contribution in [-0.2, 0) is 28.6 Å². The van der Waals surface area contributed by atoms with Gasteiger partial charge in [-0.1, -0.05) is 13.5 Å². The maximum absolute atomic E-state index is 12.3. The highest BCUT2D eigenvalue weighted by Gasteiger charge is 2.42. The van der Waals surface area contributed by atoms with Crippen LogP contribution < -0.4 is 0 Å². The average molecular weight is 342 g/mol. The average Bonchev–Trinajstić information content (AvgIpc) is 2.42. The van der Waals surface area contributed by atoms with E-state index in [0.717, 1.165) is 0 Å². The van der Waals surface area contributed by atoms with Crippen LogP contribution in [0.5, 0.6) is 0 Å². The monoisotopic (exact) mass is 342 g/mol.